The van der Waals surface area contributed by atoms with Gasteiger partial charge < -0.3 is 19.4 Å². The molecule has 1 N–H and O–H groups in total. The van der Waals surface area contributed by atoms with Gasteiger partial charge in [0.15, 0.2) is 5.76 Å². The van der Waals surface area contributed by atoms with E-state index in [9.17, 15) is 4.79 Å². The third-order valence-electron chi connectivity index (χ3n) is 3.76. The number of morpholine rings is 1. The lowest BCUT2D eigenvalue weighted by atomic mass is 10.2. The van der Waals surface area contributed by atoms with Crippen LogP contribution in [-0.2, 0) is 4.74 Å². The molecule has 1 fully saturated rings. The molecule has 0 aromatic carbocycles. The summed E-state index contributed by atoms with van der Waals surface area (Å²) in [5.41, 5.74) is 1.59. The van der Waals surface area contributed by atoms with E-state index in [1.54, 1.807) is 36.5 Å². The summed E-state index contributed by atoms with van der Waals surface area (Å²) in [4.78, 5) is 22.7. The molecular weight excluding hydrogens is 320 g/mol. The van der Waals surface area contributed by atoms with Crippen LogP contribution >= 0.6 is 0 Å². The molecule has 1 aliphatic heterocycles. The van der Waals surface area contributed by atoms with Gasteiger partial charge in [0.2, 0.25) is 0 Å². The van der Waals surface area contributed by atoms with Crippen molar-refractivity contribution in [1.29, 1.82) is 0 Å². The number of amides is 1. The minimum atomic E-state index is -0.308. The zero-order valence-corrected chi connectivity index (χ0v) is 14.1. The molecule has 7 heteroatoms. The predicted molar refractivity (Wildman–Crippen MR) is 94.1 cm³/mol. The molecule has 0 aliphatic carbocycles. The quantitative estimate of drug-likeness (QED) is 0.840. The molecule has 0 radical (unpaired) electrons. The maximum absolute atomic E-state index is 12.2. The van der Waals surface area contributed by atoms with Gasteiger partial charge in [-0.2, -0.15) is 4.98 Å². The first-order valence-electron chi connectivity index (χ1n) is 8.04. The van der Waals surface area contributed by atoms with E-state index in [2.05, 4.69) is 21.9 Å². The van der Waals surface area contributed by atoms with Gasteiger partial charge in [0, 0.05) is 31.1 Å². The van der Waals surface area contributed by atoms with Crippen molar-refractivity contribution in [2.45, 2.75) is 6.92 Å². The number of nitrogens with one attached hydrogen (secondary N) is 1. The normalized spacial score (nSPS) is 15.1. The van der Waals surface area contributed by atoms with Crippen molar-refractivity contribution in [1.82, 2.24) is 15.3 Å². The fraction of sp³-hybridized carbons (Fsp3) is 0.278. The van der Waals surface area contributed by atoms with E-state index >= 15 is 0 Å². The van der Waals surface area contributed by atoms with Crippen LogP contribution in [0.25, 0.3) is 6.08 Å². The van der Waals surface area contributed by atoms with Crippen LogP contribution in [0.1, 0.15) is 21.9 Å². The van der Waals surface area contributed by atoms with Crippen LogP contribution in [0.5, 0.6) is 0 Å². The highest BCUT2D eigenvalue weighted by Crippen LogP contribution is 2.21. The summed E-state index contributed by atoms with van der Waals surface area (Å²) < 4.78 is 11.2. The Kier molecular flexibility index (Phi) is 5.25. The van der Waals surface area contributed by atoms with Gasteiger partial charge in [0.25, 0.3) is 11.9 Å². The first kappa shape index (κ1) is 16.9. The minimum absolute atomic E-state index is 0.308. The molecular formula is C18H20N4O3. The Hall–Kier alpha value is -2.93. The molecule has 1 aliphatic rings. The average molecular weight is 340 g/mol. The number of anilines is 1. The highest BCUT2D eigenvalue weighted by Gasteiger charge is 2.18. The molecule has 0 spiro atoms. The van der Waals surface area contributed by atoms with Crippen LogP contribution in [0.3, 0.4) is 0 Å². The number of ether oxygens (including phenoxy) is 1. The number of hydrogen-bond donors (Lipinski definition) is 1. The standard InChI is InChI=1S/C18H20N4O3/c1-3-14(21-17(23)15-6-4-5-7-19-15)12-16-13(2)20-18(25-16)22-8-10-24-11-9-22/h3-7,12H,1,8-11H2,2H3,(H,21,23). The second-order valence-corrected chi connectivity index (χ2v) is 5.52. The van der Waals surface area contributed by atoms with Gasteiger partial charge in [-0.1, -0.05) is 12.6 Å². The number of pyridine rings is 1. The van der Waals surface area contributed by atoms with Crippen LogP contribution < -0.4 is 10.2 Å². The number of nitrogens with zero attached hydrogens (tertiary/aromatic N) is 3. The topological polar surface area (TPSA) is 80.5 Å². The molecule has 1 saturated heterocycles. The van der Waals surface area contributed by atoms with Crippen LogP contribution in [-0.4, -0.2) is 42.2 Å². The van der Waals surface area contributed by atoms with Gasteiger partial charge >= 0.3 is 0 Å². The number of aromatic nitrogens is 2. The number of carbonyl (C=O) groups is 1. The van der Waals surface area contributed by atoms with E-state index in [4.69, 9.17) is 9.15 Å². The van der Waals surface area contributed by atoms with Crippen molar-refractivity contribution in [2.75, 3.05) is 31.2 Å². The maximum atomic E-state index is 12.2. The van der Waals surface area contributed by atoms with Crippen molar-refractivity contribution in [2.24, 2.45) is 0 Å². The summed E-state index contributed by atoms with van der Waals surface area (Å²) in [5.74, 6) is 0.273. The summed E-state index contributed by atoms with van der Waals surface area (Å²) >= 11 is 0. The Morgan fingerprint density at radius 2 is 2.16 bits per heavy atom. The Balaban J connectivity index is 1.76. The summed E-state index contributed by atoms with van der Waals surface area (Å²) in [6, 6.07) is 5.72. The van der Waals surface area contributed by atoms with Crippen LogP contribution in [0.15, 0.2) is 47.2 Å². The van der Waals surface area contributed by atoms with E-state index in [1.807, 2.05) is 11.8 Å². The maximum Gasteiger partial charge on any atom is 0.298 e. The number of allylic oxidation sites excluding steroid dienone is 1. The molecule has 0 bridgehead atoms. The lowest BCUT2D eigenvalue weighted by molar-refractivity contribution is 0.0962. The lowest BCUT2D eigenvalue weighted by Gasteiger charge is -2.24. The largest absolute Gasteiger partial charge is 0.424 e. The molecule has 0 atom stereocenters. The third kappa shape index (κ3) is 4.13. The van der Waals surface area contributed by atoms with Gasteiger partial charge in [0.05, 0.1) is 18.9 Å². The van der Waals surface area contributed by atoms with Crippen LogP contribution in [0, 0.1) is 6.92 Å². The Morgan fingerprint density at radius 3 is 2.84 bits per heavy atom. The molecule has 3 heterocycles. The molecule has 3 rings (SSSR count). The molecule has 7 nitrogen and oxygen atoms in total. The lowest BCUT2D eigenvalue weighted by Crippen LogP contribution is -2.36. The number of rotatable bonds is 5. The number of aryl methyl sites for hydroxylation is 1. The summed E-state index contributed by atoms with van der Waals surface area (Å²) in [6.07, 6.45) is 4.83. The minimum Gasteiger partial charge on any atom is -0.424 e. The SMILES string of the molecule is C=CC(=Cc1oc(N2CCOCC2)nc1C)NC(=O)c1ccccn1. The number of hydrogen-bond acceptors (Lipinski definition) is 6. The fourth-order valence-corrected chi connectivity index (χ4v) is 2.40. The monoisotopic (exact) mass is 340 g/mol. The van der Waals surface area contributed by atoms with Gasteiger partial charge in [0.1, 0.15) is 5.69 Å². The Labute approximate surface area is 146 Å². The first-order chi connectivity index (χ1) is 12.2. The average Bonchev–Trinajstić information content (AvgIpc) is 3.03. The second kappa shape index (κ2) is 7.76. The molecule has 25 heavy (non-hydrogen) atoms. The van der Waals surface area contributed by atoms with Gasteiger partial charge in [-0.05, 0) is 25.1 Å². The van der Waals surface area contributed by atoms with Gasteiger partial charge in [-0.3, -0.25) is 9.78 Å². The van der Waals surface area contributed by atoms with Crippen LogP contribution in [0.2, 0.25) is 0 Å². The van der Waals surface area contributed by atoms with E-state index in [1.165, 1.54) is 0 Å². The molecule has 2 aromatic heterocycles. The fourth-order valence-electron chi connectivity index (χ4n) is 2.40. The van der Waals surface area contributed by atoms with Gasteiger partial charge in [-0.15, -0.1) is 0 Å². The van der Waals surface area contributed by atoms with Crippen molar-refractivity contribution >= 4 is 18.0 Å². The highest BCUT2D eigenvalue weighted by atomic mass is 16.5. The van der Waals surface area contributed by atoms with E-state index in [-0.39, 0.29) is 5.91 Å². The van der Waals surface area contributed by atoms with E-state index < -0.39 is 0 Å². The first-order valence-corrected chi connectivity index (χ1v) is 8.04. The summed E-state index contributed by atoms with van der Waals surface area (Å²) in [6.45, 7) is 8.40. The molecule has 0 unspecified atom stereocenters. The van der Waals surface area contributed by atoms with Crippen molar-refractivity contribution in [3.8, 4) is 0 Å². The summed E-state index contributed by atoms with van der Waals surface area (Å²) in [7, 11) is 0. The number of oxazole rings is 1. The molecule has 0 saturated carbocycles. The second-order valence-electron chi connectivity index (χ2n) is 5.52. The molecule has 130 valence electrons. The Bertz CT molecular complexity index is 777. The van der Waals surface area contributed by atoms with Gasteiger partial charge in [-0.25, -0.2) is 0 Å². The Morgan fingerprint density at radius 1 is 1.36 bits per heavy atom. The smallest absolute Gasteiger partial charge is 0.298 e. The number of carbonyl (C=O) groups excluding carboxylic acids is 1. The zero-order chi connectivity index (χ0) is 17.6. The van der Waals surface area contributed by atoms with Crippen molar-refractivity contribution in [3.63, 3.8) is 0 Å². The third-order valence-corrected chi connectivity index (χ3v) is 3.76. The molecule has 2 aromatic rings. The van der Waals surface area contributed by atoms with Crippen molar-refractivity contribution in [3.05, 3.63) is 59.9 Å². The van der Waals surface area contributed by atoms with Crippen LogP contribution in [0.4, 0.5) is 6.01 Å². The van der Waals surface area contributed by atoms with Crippen molar-refractivity contribution < 1.29 is 13.9 Å². The highest BCUT2D eigenvalue weighted by molar-refractivity contribution is 5.94. The predicted octanol–water partition coefficient (Wildman–Crippen LogP) is 2.17. The van der Waals surface area contributed by atoms with E-state index in [0.717, 1.165) is 18.8 Å². The van der Waals surface area contributed by atoms with E-state index in [0.29, 0.717) is 36.4 Å². The molecule has 1 amide bonds. The zero-order valence-electron chi connectivity index (χ0n) is 14.1. The summed E-state index contributed by atoms with van der Waals surface area (Å²) in [5, 5.41) is 2.77.